The van der Waals surface area contributed by atoms with Crippen molar-refractivity contribution in [1.29, 1.82) is 0 Å². The molecule has 17 aromatic rings. The van der Waals surface area contributed by atoms with E-state index in [1.54, 1.807) is 0 Å². The molecule has 21 rings (SSSR count). The first-order chi connectivity index (χ1) is 52.1. The van der Waals surface area contributed by atoms with Gasteiger partial charge in [-0.05, 0) is 183 Å². The van der Waals surface area contributed by atoms with Gasteiger partial charge in [0.15, 0.2) is 0 Å². The third kappa shape index (κ3) is 9.73. The van der Waals surface area contributed by atoms with E-state index >= 15 is 0 Å². The maximum atomic E-state index is 3.71. The number of hydrogen-bond donors (Lipinski definition) is 1. The molecule has 0 radical (unpaired) electrons. The highest BCUT2D eigenvalue weighted by atomic mass is 15.1. The highest BCUT2D eigenvalue weighted by Gasteiger charge is 2.51. The van der Waals surface area contributed by atoms with Gasteiger partial charge >= 0.3 is 0 Å². The maximum absolute atomic E-state index is 3.71. The predicted molar refractivity (Wildman–Crippen MR) is 445 cm³/mol. The lowest BCUT2D eigenvalue weighted by Crippen LogP contribution is -2.33. The van der Waals surface area contributed by atoms with Gasteiger partial charge in [0.2, 0.25) is 0 Å². The molecule has 3 heteroatoms. The largest absolute Gasteiger partial charge is 0.355 e. The molecule has 1 N–H and O–H groups in total. The van der Waals surface area contributed by atoms with Crippen molar-refractivity contribution in [3.8, 4) is 94.7 Å². The third-order valence-electron chi connectivity index (χ3n) is 23.5. The minimum absolute atomic E-state index is 0.00357. The number of nitrogens with one attached hydrogen (secondary N) is 1. The number of para-hydroxylation sites is 4. The minimum atomic E-state index is -0.476. The molecule has 0 amide bonds. The van der Waals surface area contributed by atoms with E-state index < -0.39 is 5.41 Å². The monoisotopic (exact) mass is 1350 g/mol. The second-order valence-electron chi connectivity index (χ2n) is 29.9. The minimum Gasteiger partial charge on any atom is -0.355 e. The van der Waals surface area contributed by atoms with Crippen molar-refractivity contribution in [3.05, 3.63) is 421 Å². The third-order valence-corrected chi connectivity index (χ3v) is 23.5. The standard InChI is InChI=1S/C70H48N2.C33H27N/c1-69(2)59-25-11-6-20-53(59)56-41-40-51(44-64(56)69)71(65-29-14-9-19-52(65)48-33-31-46(32-34-48)45-17-4-3-5-18-45)50-38-35-47(36-39-50)49-37-42-62-67(43-49)72-66-30-15-10-23-57(66)58-24-16-28-63(68(58)72)70(62)60-26-12-7-21-54(60)55-22-8-13-27-61(55)70;1-33(2)30-14-8-6-13-28(30)29-21-20-26(22-31(29)33)34-32-15-9-7-12-27(32)25-18-16-24(17-19-25)23-10-4-3-5-11-23/h3-44H,1-2H3;3-22,34H,1-2H3. The smallest absolute Gasteiger partial charge is 0.0754 e. The Hall–Kier alpha value is -13.1. The van der Waals surface area contributed by atoms with Crippen LogP contribution >= 0.6 is 0 Å². The molecule has 1 spiro atoms. The van der Waals surface area contributed by atoms with Gasteiger partial charge in [0.25, 0.3) is 0 Å². The number of hydrogen-bond acceptors (Lipinski definition) is 2. The Balaban J connectivity index is 0.000000183. The van der Waals surface area contributed by atoms with Crippen molar-refractivity contribution in [2.45, 2.75) is 43.9 Å². The Morgan fingerprint density at radius 3 is 1.29 bits per heavy atom. The molecule has 106 heavy (non-hydrogen) atoms. The van der Waals surface area contributed by atoms with Crippen molar-refractivity contribution in [2.24, 2.45) is 0 Å². The van der Waals surface area contributed by atoms with E-state index in [0.29, 0.717) is 0 Å². The average Bonchev–Trinajstić information content (AvgIpc) is 1.47. The van der Waals surface area contributed by atoms with Gasteiger partial charge in [0.1, 0.15) is 0 Å². The van der Waals surface area contributed by atoms with Crippen LogP contribution in [0.1, 0.15) is 72.2 Å². The summed E-state index contributed by atoms with van der Waals surface area (Å²) in [5.41, 5.74) is 39.5. The predicted octanol–water partition coefficient (Wildman–Crippen LogP) is 27.3. The van der Waals surface area contributed by atoms with Crippen LogP contribution in [-0.2, 0) is 16.2 Å². The summed E-state index contributed by atoms with van der Waals surface area (Å²) in [6, 6.07) is 139. The van der Waals surface area contributed by atoms with Crippen LogP contribution in [-0.4, -0.2) is 4.57 Å². The molecule has 1 aromatic heterocycles. The summed E-state index contributed by atoms with van der Waals surface area (Å²) in [6.07, 6.45) is 0. The zero-order valence-electron chi connectivity index (χ0n) is 59.7. The molecule has 0 saturated heterocycles. The number of aromatic nitrogens is 1. The first-order valence-electron chi connectivity index (χ1n) is 37.1. The van der Waals surface area contributed by atoms with Gasteiger partial charge in [0.05, 0.1) is 27.8 Å². The molecule has 4 aliphatic rings. The Kier molecular flexibility index (Phi) is 14.5. The molecule has 3 nitrogen and oxygen atoms in total. The SMILES string of the molecule is CC1(C)c2ccccc2-c2ccc(N(c3ccc(-c4ccc5c(c4)-n4c6ccccc6c6cccc(c64)C54c5ccccc5-c5ccccc54)cc3)c3ccccc3-c3ccc(-c4ccccc4)cc3)cc21.CC1(C)c2ccccc2-c2ccc(Nc3ccccc3-c3ccc(-c4ccccc4)cc3)cc21. The summed E-state index contributed by atoms with van der Waals surface area (Å²) in [5, 5.41) is 6.28. The van der Waals surface area contributed by atoms with E-state index in [1.165, 1.54) is 161 Å². The van der Waals surface area contributed by atoms with E-state index in [-0.39, 0.29) is 10.8 Å². The fourth-order valence-corrected chi connectivity index (χ4v) is 18.4. The molecule has 2 heterocycles. The fraction of sp³-hybridized carbons (Fsp3) is 0.0680. The van der Waals surface area contributed by atoms with Gasteiger partial charge in [-0.15, -0.1) is 0 Å². The van der Waals surface area contributed by atoms with E-state index in [4.69, 9.17) is 0 Å². The summed E-state index contributed by atoms with van der Waals surface area (Å²) < 4.78 is 2.56. The molecule has 502 valence electrons. The Bertz CT molecular complexity index is 6290. The lowest BCUT2D eigenvalue weighted by Gasteiger charge is -2.39. The molecule has 0 fully saturated rings. The quantitative estimate of drug-likeness (QED) is 0.147. The average molecular weight is 1350 g/mol. The second kappa shape index (κ2) is 24.6. The highest BCUT2D eigenvalue weighted by Crippen LogP contribution is 2.62. The Morgan fingerprint density at radius 2 is 0.670 bits per heavy atom. The summed E-state index contributed by atoms with van der Waals surface area (Å²) in [6.45, 7) is 9.38. The summed E-state index contributed by atoms with van der Waals surface area (Å²) >= 11 is 0. The van der Waals surface area contributed by atoms with Crippen molar-refractivity contribution in [3.63, 3.8) is 0 Å². The van der Waals surface area contributed by atoms with Crippen LogP contribution in [0.15, 0.2) is 376 Å². The van der Waals surface area contributed by atoms with Gasteiger partial charge < -0.3 is 14.8 Å². The number of benzene rings is 16. The topological polar surface area (TPSA) is 20.2 Å². The molecule has 0 bridgehead atoms. The first-order valence-corrected chi connectivity index (χ1v) is 37.1. The summed E-state index contributed by atoms with van der Waals surface area (Å²) in [7, 11) is 0. The van der Waals surface area contributed by atoms with Gasteiger partial charge in [-0.3, -0.25) is 0 Å². The number of fused-ring (bicyclic) bond motifs is 18. The van der Waals surface area contributed by atoms with Gasteiger partial charge in [-0.25, -0.2) is 0 Å². The van der Waals surface area contributed by atoms with E-state index in [9.17, 15) is 0 Å². The van der Waals surface area contributed by atoms with Crippen molar-refractivity contribution in [1.82, 2.24) is 4.57 Å². The van der Waals surface area contributed by atoms with Crippen LogP contribution < -0.4 is 10.2 Å². The normalized spacial score (nSPS) is 13.7. The lowest BCUT2D eigenvalue weighted by molar-refractivity contribution is 0.660. The van der Waals surface area contributed by atoms with Crippen molar-refractivity contribution in [2.75, 3.05) is 10.2 Å². The second-order valence-corrected chi connectivity index (χ2v) is 29.9. The Labute approximate surface area is 620 Å². The van der Waals surface area contributed by atoms with Crippen LogP contribution in [0.25, 0.3) is 117 Å². The molecule has 1 aliphatic heterocycles. The van der Waals surface area contributed by atoms with E-state index in [2.05, 4.69) is 419 Å². The van der Waals surface area contributed by atoms with Crippen LogP contribution in [0.4, 0.5) is 28.4 Å². The molecular formula is C103H75N3. The van der Waals surface area contributed by atoms with E-state index in [0.717, 1.165) is 28.4 Å². The van der Waals surface area contributed by atoms with Crippen molar-refractivity contribution >= 4 is 50.2 Å². The van der Waals surface area contributed by atoms with Gasteiger partial charge in [-0.2, -0.15) is 0 Å². The van der Waals surface area contributed by atoms with Crippen LogP contribution in [0, 0.1) is 0 Å². The molecule has 16 aromatic carbocycles. The fourth-order valence-electron chi connectivity index (χ4n) is 18.4. The van der Waals surface area contributed by atoms with Crippen molar-refractivity contribution < 1.29 is 0 Å². The molecule has 0 saturated carbocycles. The van der Waals surface area contributed by atoms with Crippen LogP contribution in [0.3, 0.4) is 0 Å². The zero-order chi connectivity index (χ0) is 70.8. The molecule has 0 atom stereocenters. The zero-order valence-corrected chi connectivity index (χ0v) is 59.7. The summed E-state index contributed by atoms with van der Waals surface area (Å²) in [4.78, 5) is 2.47. The lowest BCUT2D eigenvalue weighted by atomic mass is 9.65. The number of nitrogens with zero attached hydrogens (tertiary/aromatic N) is 2. The molecule has 0 unspecified atom stereocenters. The van der Waals surface area contributed by atoms with E-state index in [1.807, 2.05) is 0 Å². The number of anilines is 5. The first kappa shape index (κ1) is 62.7. The molecule has 3 aliphatic carbocycles. The van der Waals surface area contributed by atoms with Crippen LogP contribution in [0.5, 0.6) is 0 Å². The molecular weight excluding hydrogens is 1280 g/mol. The maximum Gasteiger partial charge on any atom is 0.0754 e. The van der Waals surface area contributed by atoms with Gasteiger partial charge in [0, 0.05) is 55.5 Å². The number of rotatable bonds is 10. The summed E-state index contributed by atoms with van der Waals surface area (Å²) in [5.74, 6) is 0. The van der Waals surface area contributed by atoms with Crippen LogP contribution in [0.2, 0.25) is 0 Å². The van der Waals surface area contributed by atoms with Gasteiger partial charge in [-0.1, -0.05) is 343 Å². The Morgan fingerprint density at radius 1 is 0.255 bits per heavy atom. The highest BCUT2D eigenvalue weighted by molar-refractivity contribution is 6.13.